The van der Waals surface area contributed by atoms with Crippen molar-refractivity contribution in [2.24, 2.45) is 5.92 Å². The molecular formula is C15H23N2O3P. The molecule has 1 N–H and O–H groups in total. The molecule has 1 aliphatic rings. The van der Waals surface area contributed by atoms with Crippen LogP contribution in [0.1, 0.15) is 27.2 Å². The van der Waals surface area contributed by atoms with Gasteiger partial charge < -0.3 is 13.9 Å². The van der Waals surface area contributed by atoms with Gasteiger partial charge >= 0.3 is 5.97 Å². The molecule has 6 heteroatoms. The summed E-state index contributed by atoms with van der Waals surface area (Å²) in [6, 6.07) is 7.60. The highest BCUT2D eigenvalue weighted by molar-refractivity contribution is 7.53. The van der Waals surface area contributed by atoms with Crippen molar-refractivity contribution in [1.29, 1.82) is 0 Å². The van der Waals surface area contributed by atoms with E-state index in [2.05, 4.69) is 30.5 Å². The zero-order chi connectivity index (χ0) is 15.4. The number of nitrogens with one attached hydrogen (secondary N) is 1. The Labute approximate surface area is 127 Å². The fraction of sp³-hybridized carbons (Fsp3) is 0.533. The number of methoxy groups -OCH3 is 1. The summed E-state index contributed by atoms with van der Waals surface area (Å²) in [6.07, 6.45) is 0.725. The Hall–Kier alpha value is -1.32. The SMILES string of the molecule is CCN1c2ccccc2OP1N[C@H](CC(C)C)C(=O)OC. The molecule has 0 saturated heterocycles. The smallest absolute Gasteiger partial charge is 0.323 e. The van der Waals surface area contributed by atoms with Gasteiger partial charge in [-0.15, -0.1) is 0 Å². The van der Waals surface area contributed by atoms with Crippen LogP contribution in [0.2, 0.25) is 0 Å². The van der Waals surface area contributed by atoms with Gasteiger partial charge in [-0.25, -0.2) is 5.09 Å². The average Bonchev–Trinajstić information content (AvgIpc) is 2.82. The zero-order valence-corrected chi connectivity index (χ0v) is 13.9. The second-order valence-corrected chi connectivity index (χ2v) is 6.85. The maximum Gasteiger partial charge on any atom is 0.323 e. The van der Waals surface area contributed by atoms with Crippen molar-refractivity contribution in [3.05, 3.63) is 24.3 Å². The van der Waals surface area contributed by atoms with Crippen LogP contribution in [0.25, 0.3) is 0 Å². The van der Waals surface area contributed by atoms with Crippen LogP contribution in [-0.2, 0) is 9.53 Å². The van der Waals surface area contributed by atoms with Gasteiger partial charge in [-0.2, -0.15) is 0 Å². The highest BCUT2D eigenvalue weighted by atomic mass is 31.2. The van der Waals surface area contributed by atoms with E-state index in [-0.39, 0.29) is 12.0 Å². The van der Waals surface area contributed by atoms with Crippen LogP contribution in [0, 0.1) is 5.92 Å². The van der Waals surface area contributed by atoms with E-state index < -0.39 is 8.45 Å². The third-order valence-corrected chi connectivity index (χ3v) is 5.15. The number of hydrogen-bond acceptors (Lipinski definition) is 5. The predicted octanol–water partition coefficient (Wildman–Crippen LogP) is 3.31. The quantitative estimate of drug-likeness (QED) is 0.645. The summed E-state index contributed by atoms with van der Waals surface area (Å²) >= 11 is 0. The average molecular weight is 310 g/mol. The summed E-state index contributed by atoms with van der Waals surface area (Å²) in [5, 5.41) is 3.34. The number of nitrogens with zero attached hydrogens (tertiary/aromatic N) is 1. The normalized spacial score (nSPS) is 18.3. The first kappa shape index (κ1) is 16.1. The minimum atomic E-state index is -1.06. The lowest BCUT2D eigenvalue weighted by molar-refractivity contribution is -0.143. The first-order valence-electron chi connectivity index (χ1n) is 7.25. The number of benzene rings is 1. The van der Waals surface area contributed by atoms with Crippen LogP contribution in [0.15, 0.2) is 24.3 Å². The monoisotopic (exact) mass is 310 g/mol. The molecule has 2 atom stereocenters. The summed E-state index contributed by atoms with van der Waals surface area (Å²) in [4.78, 5) is 12.0. The summed E-state index contributed by atoms with van der Waals surface area (Å²) in [5.74, 6) is 1.03. The van der Waals surface area contributed by atoms with Gasteiger partial charge in [0.05, 0.1) is 12.8 Å². The van der Waals surface area contributed by atoms with E-state index in [1.54, 1.807) is 0 Å². The second kappa shape index (κ2) is 7.10. The molecule has 0 aliphatic carbocycles. The van der Waals surface area contributed by atoms with Crippen molar-refractivity contribution in [1.82, 2.24) is 5.09 Å². The van der Waals surface area contributed by atoms with Crippen LogP contribution >= 0.6 is 8.45 Å². The number of rotatable bonds is 6. The van der Waals surface area contributed by atoms with E-state index in [0.29, 0.717) is 5.92 Å². The lowest BCUT2D eigenvalue weighted by Gasteiger charge is -2.27. The maximum absolute atomic E-state index is 12.0. The molecule has 0 aromatic heterocycles. The van der Waals surface area contributed by atoms with E-state index in [0.717, 1.165) is 24.4 Å². The molecular weight excluding hydrogens is 287 g/mol. The Kier molecular flexibility index (Phi) is 5.43. The number of ether oxygens (including phenoxy) is 1. The zero-order valence-electron chi connectivity index (χ0n) is 13.0. The van der Waals surface area contributed by atoms with Gasteiger partial charge in [-0.05, 0) is 31.4 Å². The fourth-order valence-corrected chi connectivity index (χ4v) is 4.06. The van der Waals surface area contributed by atoms with E-state index in [4.69, 9.17) is 9.26 Å². The number of fused-ring (bicyclic) bond motifs is 1. The summed E-state index contributed by atoms with van der Waals surface area (Å²) in [6.45, 7) is 7.09. The highest BCUT2D eigenvalue weighted by Crippen LogP contribution is 2.53. The van der Waals surface area contributed by atoms with Gasteiger partial charge in [-0.3, -0.25) is 4.79 Å². The van der Waals surface area contributed by atoms with Gasteiger partial charge in [0.2, 0.25) is 0 Å². The standard InChI is InChI=1S/C15H23N2O3P/c1-5-17-13-8-6-7-9-14(13)20-21(17)16-12(10-11(2)3)15(18)19-4/h6-9,11-12,16H,5,10H2,1-4H3/t12-,21?/m1/s1. The molecule has 5 nitrogen and oxygen atoms in total. The van der Waals surface area contributed by atoms with Crippen LogP contribution in [-0.4, -0.2) is 25.7 Å². The van der Waals surface area contributed by atoms with E-state index in [1.807, 2.05) is 24.3 Å². The number of carbonyl (C=O) groups excluding carboxylic acids is 1. The minimum absolute atomic E-state index is 0.234. The van der Waals surface area contributed by atoms with Crippen molar-refractivity contribution in [3.63, 3.8) is 0 Å². The number of carbonyl (C=O) groups is 1. The van der Waals surface area contributed by atoms with Crippen LogP contribution < -0.4 is 14.3 Å². The Morgan fingerprint density at radius 1 is 1.43 bits per heavy atom. The summed E-state index contributed by atoms with van der Waals surface area (Å²) in [5.41, 5.74) is 1.08. The number of para-hydroxylation sites is 2. The lowest BCUT2D eigenvalue weighted by Crippen LogP contribution is -2.39. The lowest BCUT2D eigenvalue weighted by atomic mass is 10.1. The molecule has 116 valence electrons. The molecule has 1 aromatic carbocycles. The number of esters is 1. The first-order valence-corrected chi connectivity index (χ1v) is 8.46. The third-order valence-electron chi connectivity index (χ3n) is 3.31. The minimum Gasteiger partial charge on any atom is -0.468 e. The predicted molar refractivity (Wildman–Crippen MR) is 85.4 cm³/mol. The fourth-order valence-electron chi connectivity index (χ4n) is 2.33. The molecule has 0 saturated carbocycles. The van der Waals surface area contributed by atoms with Gasteiger partial charge in [-0.1, -0.05) is 26.0 Å². The Balaban J connectivity index is 2.12. The third kappa shape index (κ3) is 3.66. The van der Waals surface area contributed by atoms with Gasteiger partial charge in [0.25, 0.3) is 8.45 Å². The van der Waals surface area contributed by atoms with Crippen LogP contribution in [0.5, 0.6) is 5.75 Å². The summed E-state index contributed by atoms with van der Waals surface area (Å²) in [7, 11) is 0.362. The topological polar surface area (TPSA) is 50.8 Å². The highest BCUT2D eigenvalue weighted by Gasteiger charge is 2.35. The molecule has 0 fully saturated rings. The Morgan fingerprint density at radius 3 is 2.76 bits per heavy atom. The van der Waals surface area contributed by atoms with Crippen molar-refractivity contribution in [3.8, 4) is 5.75 Å². The molecule has 0 amide bonds. The number of anilines is 1. The van der Waals surface area contributed by atoms with Gasteiger partial charge in [0.1, 0.15) is 6.04 Å². The molecule has 1 aliphatic heterocycles. The maximum atomic E-state index is 12.0. The molecule has 0 bridgehead atoms. The molecule has 1 heterocycles. The van der Waals surface area contributed by atoms with Crippen LogP contribution in [0.4, 0.5) is 5.69 Å². The first-order chi connectivity index (χ1) is 10.1. The number of hydrogen-bond donors (Lipinski definition) is 1. The molecule has 1 unspecified atom stereocenters. The van der Waals surface area contributed by atoms with Crippen molar-refractivity contribution in [2.45, 2.75) is 33.2 Å². The Bertz CT molecular complexity index is 496. The molecule has 0 radical (unpaired) electrons. The molecule has 1 aromatic rings. The van der Waals surface area contributed by atoms with E-state index in [9.17, 15) is 4.79 Å². The second-order valence-electron chi connectivity index (χ2n) is 5.38. The van der Waals surface area contributed by atoms with Gasteiger partial charge in [0.15, 0.2) is 5.75 Å². The Morgan fingerprint density at radius 2 is 2.14 bits per heavy atom. The molecule has 21 heavy (non-hydrogen) atoms. The molecule has 2 rings (SSSR count). The van der Waals surface area contributed by atoms with Crippen molar-refractivity contribution >= 4 is 20.1 Å². The van der Waals surface area contributed by atoms with Crippen molar-refractivity contribution in [2.75, 3.05) is 18.3 Å². The largest absolute Gasteiger partial charge is 0.468 e. The van der Waals surface area contributed by atoms with Crippen molar-refractivity contribution < 1.29 is 14.1 Å². The van der Waals surface area contributed by atoms with E-state index >= 15 is 0 Å². The molecule has 0 spiro atoms. The van der Waals surface area contributed by atoms with Gasteiger partial charge in [0, 0.05) is 6.54 Å². The summed E-state index contributed by atoms with van der Waals surface area (Å²) < 4.78 is 13.1. The van der Waals surface area contributed by atoms with Crippen LogP contribution in [0.3, 0.4) is 0 Å². The van der Waals surface area contributed by atoms with E-state index in [1.165, 1.54) is 7.11 Å².